The first kappa shape index (κ1) is 15.7. The molecule has 108 valence electrons. The number of hydrazine groups is 1. The number of likely N-dealkylation sites (N-methyl/N-ethyl adjacent to an activating group) is 2. The molecule has 1 heterocycles. The predicted molar refractivity (Wildman–Crippen MR) is 74.5 cm³/mol. The predicted octanol–water partition coefficient (Wildman–Crippen LogP) is 0.655. The monoisotopic (exact) mass is 268 g/mol. The third kappa shape index (κ3) is 4.66. The first-order chi connectivity index (χ1) is 8.97. The molecule has 6 nitrogen and oxygen atoms in total. The summed E-state index contributed by atoms with van der Waals surface area (Å²) < 4.78 is 5.48. The van der Waals surface area contributed by atoms with Crippen molar-refractivity contribution in [2.24, 2.45) is 5.84 Å². The summed E-state index contributed by atoms with van der Waals surface area (Å²) in [5.74, 6) is 5.68. The number of rotatable bonds is 7. The van der Waals surface area contributed by atoms with Crippen LogP contribution in [0.2, 0.25) is 0 Å². The lowest BCUT2D eigenvalue weighted by Crippen LogP contribution is -2.39. The van der Waals surface area contributed by atoms with Crippen molar-refractivity contribution in [3.63, 3.8) is 0 Å². The Hall–Kier alpha value is -1.37. The lowest BCUT2D eigenvalue weighted by atomic mass is 10.2. The topological polar surface area (TPSA) is 74.7 Å². The number of furan rings is 1. The summed E-state index contributed by atoms with van der Waals surface area (Å²) in [4.78, 5) is 15.8. The first-order valence-electron chi connectivity index (χ1n) is 6.46. The average molecular weight is 268 g/mol. The van der Waals surface area contributed by atoms with E-state index in [1.807, 2.05) is 6.07 Å². The summed E-state index contributed by atoms with van der Waals surface area (Å²) in [6.45, 7) is 6.88. The zero-order chi connectivity index (χ0) is 14.4. The van der Waals surface area contributed by atoms with Crippen molar-refractivity contribution >= 4 is 5.91 Å². The van der Waals surface area contributed by atoms with Gasteiger partial charge in [-0.2, -0.15) is 0 Å². The van der Waals surface area contributed by atoms with E-state index in [2.05, 4.69) is 43.2 Å². The Labute approximate surface area is 114 Å². The van der Waals surface area contributed by atoms with Gasteiger partial charge in [0.1, 0.15) is 5.76 Å². The smallest absolute Gasteiger partial charge is 0.300 e. The second kappa shape index (κ2) is 7.28. The molecule has 0 fully saturated rings. The molecule has 0 aliphatic rings. The van der Waals surface area contributed by atoms with E-state index in [0.717, 1.165) is 18.8 Å². The van der Waals surface area contributed by atoms with Crippen LogP contribution in [-0.4, -0.2) is 48.9 Å². The molecule has 1 aromatic rings. The number of amides is 1. The van der Waals surface area contributed by atoms with Gasteiger partial charge < -0.3 is 9.32 Å². The highest BCUT2D eigenvalue weighted by atomic mass is 16.4. The second-order valence-electron chi connectivity index (χ2n) is 4.91. The highest BCUT2D eigenvalue weighted by Gasteiger charge is 2.16. The Morgan fingerprint density at radius 3 is 2.68 bits per heavy atom. The maximum Gasteiger partial charge on any atom is 0.300 e. The summed E-state index contributed by atoms with van der Waals surface area (Å²) in [5.41, 5.74) is 2.06. The zero-order valence-electron chi connectivity index (χ0n) is 12.1. The summed E-state index contributed by atoms with van der Waals surface area (Å²) >= 11 is 0. The lowest BCUT2D eigenvalue weighted by molar-refractivity contribution is 0.0920. The van der Waals surface area contributed by atoms with Crippen molar-refractivity contribution in [2.45, 2.75) is 26.4 Å². The third-order valence-corrected chi connectivity index (χ3v) is 3.03. The number of nitrogens with one attached hydrogen (secondary N) is 1. The maximum absolute atomic E-state index is 11.3. The average Bonchev–Trinajstić information content (AvgIpc) is 2.82. The largest absolute Gasteiger partial charge is 0.455 e. The van der Waals surface area contributed by atoms with Gasteiger partial charge in [-0.3, -0.25) is 15.1 Å². The molecule has 1 rings (SSSR count). The van der Waals surface area contributed by atoms with E-state index >= 15 is 0 Å². The fraction of sp³-hybridized carbons (Fsp3) is 0.615. The molecule has 0 saturated heterocycles. The molecular weight excluding hydrogens is 244 g/mol. The third-order valence-electron chi connectivity index (χ3n) is 3.03. The van der Waals surface area contributed by atoms with Crippen LogP contribution in [0.3, 0.4) is 0 Å². The van der Waals surface area contributed by atoms with Crippen LogP contribution < -0.4 is 11.3 Å². The van der Waals surface area contributed by atoms with Crippen LogP contribution in [0.1, 0.15) is 30.2 Å². The van der Waals surface area contributed by atoms with Crippen molar-refractivity contribution in [1.29, 1.82) is 0 Å². The van der Waals surface area contributed by atoms with Gasteiger partial charge in [0, 0.05) is 12.6 Å². The zero-order valence-corrected chi connectivity index (χ0v) is 12.1. The molecule has 1 unspecified atom stereocenters. The quantitative estimate of drug-likeness (QED) is 0.431. The number of carbonyl (C=O) groups is 1. The van der Waals surface area contributed by atoms with E-state index in [1.165, 1.54) is 0 Å². The van der Waals surface area contributed by atoms with Crippen LogP contribution in [0, 0.1) is 0 Å². The molecule has 1 atom stereocenters. The Morgan fingerprint density at radius 2 is 2.16 bits per heavy atom. The molecule has 0 aliphatic carbocycles. The first-order valence-corrected chi connectivity index (χ1v) is 6.46. The Bertz CT molecular complexity index is 403. The Balaban J connectivity index is 2.65. The van der Waals surface area contributed by atoms with Crippen LogP contribution in [0.25, 0.3) is 0 Å². The van der Waals surface area contributed by atoms with Crippen molar-refractivity contribution < 1.29 is 9.21 Å². The summed E-state index contributed by atoms with van der Waals surface area (Å²) in [5, 5.41) is 0. The van der Waals surface area contributed by atoms with Gasteiger partial charge in [0.15, 0.2) is 5.76 Å². The fourth-order valence-corrected chi connectivity index (χ4v) is 2.08. The number of hydrogen-bond donors (Lipinski definition) is 2. The van der Waals surface area contributed by atoms with Gasteiger partial charge in [0.25, 0.3) is 0 Å². The molecular formula is C13H24N4O2. The van der Waals surface area contributed by atoms with Crippen LogP contribution in [0.5, 0.6) is 0 Å². The van der Waals surface area contributed by atoms with Crippen molar-refractivity contribution in [2.75, 3.05) is 27.2 Å². The van der Waals surface area contributed by atoms with Gasteiger partial charge in [0.2, 0.25) is 0 Å². The molecule has 0 radical (unpaired) electrons. The summed E-state index contributed by atoms with van der Waals surface area (Å²) in [6, 6.07) is 3.87. The number of nitrogens with two attached hydrogens (primary N) is 1. The molecule has 19 heavy (non-hydrogen) atoms. The van der Waals surface area contributed by atoms with Gasteiger partial charge in [-0.05, 0) is 39.7 Å². The standard InChI is InChI=1S/C13H24N4O2/c1-5-17(10(2)8-16(3)4)9-11-6-7-12(19-11)13(18)15-14/h6-7,10H,5,8-9,14H2,1-4H3,(H,15,18). The van der Waals surface area contributed by atoms with Crippen LogP contribution >= 0.6 is 0 Å². The van der Waals surface area contributed by atoms with E-state index in [0.29, 0.717) is 12.6 Å². The Kier molecular flexibility index (Phi) is 6.01. The minimum atomic E-state index is -0.407. The van der Waals surface area contributed by atoms with Crippen LogP contribution in [0.15, 0.2) is 16.5 Å². The van der Waals surface area contributed by atoms with E-state index in [9.17, 15) is 4.79 Å². The van der Waals surface area contributed by atoms with Gasteiger partial charge in [-0.15, -0.1) is 0 Å². The minimum Gasteiger partial charge on any atom is -0.455 e. The van der Waals surface area contributed by atoms with E-state index < -0.39 is 5.91 Å². The van der Waals surface area contributed by atoms with Crippen LogP contribution in [0.4, 0.5) is 0 Å². The van der Waals surface area contributed by atoms with Gasteiger partial charge >= 0.3 is 5.91 Å². The van der Waals surface area contributed by atoms with Crippen molar-refractivity contribution in [3.8, 4) is 0 Å². The Morgan fingerprint density at radius 1 is 1.47 bits per heavy atom. The van der Waals surface area contributed by atoms with Gasteiger partial charge in [0.05, 0.1) is 6.54 Å². The molecule has 0 spiro atoms. The minimum absolute atomic E-state index is 0.244. The fourth-order valence-electron chi connectivity index (χ4n) is 2.08. The van der Waals surface area contributed by atoms with Gasteiger partial charge in [-0.1, -0.05) is 6.92 Å². The molecule has 0 saturated carbocycles. The highest BCUT2D eigenvalue weighted by molar-refractivity contribution is 5.90. The molecule has 3 N–H and O–H groups in total. The summed E-state index contributed by atoms with van der Waals surface area (Å²) in [7, 11) is 4.11. The lowest BCUT2D eigenvalue weighted by Gasteiger charge is -2.29. The normalized spacial score (nSPS) is 13.0. The van der Waals surface area contributed by atoms with Crippen LogP contribution in [-0.2, 0) is 6.54 Å². The van der Waals surface area contributed by atoms with E-state index in [4.69, 9.17) is 10.3 Å². The van der Waals surface area contributed by atoms with Crippen molar-refractivity contribution in [3.05, 3.63) is 23.7 Å². The van der Waals surface area contributed by atoms with Crippen molar-refractivity contribution in [1.82, 2.24) is 15.2 Å². The number of carbonyl (C=O) groups excluding carboxylic acids is 1. The SMILES string of the molecule is CCN(Cc1ccc(C(=O)NN)o1)C(C)CN(C)C. The second-order valence-corrected chi connectivity index (χ2v) is 4.91. The van der Waals surface area contributed by atoms with E-state index in [-0.39, 0.29) is 5.76 Å². The maximum atomic E-state index is 11.3. The molecule has 1 amide bonds. The highest BCUT2D eigenvalue weighted by Crippen LogP contribution is 2.12. The number of hydrogen-bond acceptors (Lipinski definition) is 5. The molecule has 0 aromatic carbocycles. The molecule has 0 aliphatic heterocycles. The number of nitrogens with zero attached hydrogens (tertiary/aromatic N) is 2. The van der Waals surface area contributed by atoms with Gasteiger partial charge in [-0.25, -0.2) is 5.84 Å². The van der Waals surface area contributed by atoms with E-state index in [1.54, 1.807) is 6.07 Å². The summed E-state index contributed by atoms with van der Waals surface area (Å²) in [6.07, 6.45) is 0. The molecule has 6 heteroatoms. The molecule has 1 aromatic heterocycles. The number of nitrogen functional groups attached to an aromatic ring is 1. The molecule has 0 bridgehead atoms.